The number of piperidine rings is 1. The van der Waals surface area contributed by atoms with Crippen molar-refractivity contribution in [2.24, 2.45) is 0 Å². The third kappa shape index (κ3) is 4.06. The maximum absolute atomic E-state index is 13.0. The first-order valence-electron chi connectivity index (χ1n) is 8.80. The fourth-order valence-corrected chi connectivity index (χ4v) is 4.97. The van der Waals surface area contributed by atoms with E-state index in [1.54, 1.807) is 17.0 Å². The summed E-state index contributed by atoms with van der Waals surface area (Å²) in [6, 6.07) is 10.9. The number of benzene rings is 2. The molecule has 0 bridgehead atoms. The van der Waals surface area contributed by atoms with Gasteiger partial charge in [0, 0.05) is 18.7 Å². The first kappa shape index (κ1) is 20.0. The number of hydrogen-bond acceptors (Lipinski definition) is 5. The Morgan fingerprint density at radius 3 is 2.04 bits per heavy atom. The second kappa shape index (κ2) is 8.10. The van der Waals surface area contributed by atoms with Gasteiger partial charge in [0.05, 0.1) is 22.8 Å². The van der Waals surface area contributed by atoms with Gasteiger partial charge in [0.25, 0.3) is 5.91 Å². The summed E-state index contributed by atoms with van der Waals surface area (Å²) in [5.74, 6) is -1.18. The number of rotatable bonds is 4. The van der Waals surface area contributed by atoms with Crippen LogP contribution in [0.3, 0.4) is 0 Å². The van der Waals surface area contributed by atoms with Gasteiger partial charge in [-0.1, -0.05) is 0 Å². The molecule has 1 fully saturated rings. The fourth-order valence-electron chi connectivity index (χ4n) is 3.24. The molecule has 0 atom stereocenters. The van der Waals surface area contributed by atoms with Gasteiger partial charge in [-0.15, -0.1) is 0 Å². The second-order valence-electron chi connectivity index (χ2n) is 6.56. The molecule has 0 spiro atoms. The molecule has 0 saturated carbocycles. The molecule has 1 amide bonds. The molecule has 8 heteroatoms. The zero-order valence-corrected chi connectivity index (χ0v) is 16.1. The average molecular weight is 405 g/mol. The van der Waals surface area contributed by atoms with Crippen LogP contribution in [-0.2, 0) is 14.6 Å². The summed E-state index contributed by atoms with van der Waals surface area (Å²) in [4.78, 5) is 25.8. The van der Waals surface area contributed by atoms with Crippen LogP contribution in [0.5, 0.6) is 0 Å². The first-order valence-corrected chi connectivity index (χ1v) is 10.3. The van der Waals surface area contributed by atoms with E-state index in [-0.39, 0.29) is 10.8 Å². The number of likely N-dealkylation sites (tertiary alicyclic amines) is 1. The number of amides is 1. The quantitative estimate of drug-likeness (QED) is 0.577. The van der Waals surface area contributed by atoms with E-state index < -0.39 is 26.9 Å². The maximum Gasteiger partial charge on any atom is 0.337 e. The molecule has 3 rings (SSSR count). The molecule has 0 radical (unpaired) electrons. The molecular weight excluding hydrogens is 385 g/mol. The molecule has 2 aromatic carbocycles. The smallest absolute Gasteiger partial charge is 0.337 e. The van der Waals surface area contributed by atoms with Gasteiger partial charge in [0.15, 0.2) is 9.84 Å². The van der Waals surface area contributed by atoms with E-state index in [4.69, 9.17) is 0 Å². The van der Waals surface area contributed by atoms with Crippen molar-refractivity contribution < 1.29 is 27.1 Å². The second-order valence-corrected chi connectivity index (χ2v) is 8.79. The summed E-state index contributed by atoms with van der Waals surface area (Å²) in [6.07, 6.45) is 0.622. The highest BCUT2D eigenvalue weighted by Crippen LogP contribution is 2.25. The molecule has 0 aliphatic carbocycles. The van der Waals surface area contributed by atoms with Gasteiger partial charge in [-0.25, -0.2) is 17.6 Å². The van der Waals surface area contributed by atoms with Crippen molar-refractivity contribution in [3.05, 3.63) is 65.5 Å². The molecule has 1 aliphatic heterocycles. The van der Waals surface area contributed by atoms with Crippen LogP contribution in [0.4, 0.5) is 4.39 Å². The van der Waals surface area contributed by atoms with Gasteiger partial charge < -0.3 is 9.64 Å². The Kier molecular flexibility index (Phi) is 5.79. The summed E-state index contributed by atoms with van der Waals surface area (Å²) >= 11 is 0. The van der Waals surface area contributed by atoms with Gasteiger partial charge in [-0.3, -0.25) is 4.79 Å². The predicted octanol–water partition coefficient (Wildman–Crippen LogP) is 2.69. The minimum absolute atomic E-state index is 0.0945. The van der Waals surface area contributed by atoms with Crippen molar-refractivity contribution in [1.82, 2.24) is 4.90 Å². The lowest BCUT2D eigenvalue weighted by Gasteiger charge is -2.31. The largest absolute Gasteiger partial charge is 0.465 e. The predicted molar refractivity (Wildman–Crippen MR) is 100 cm³/mol. The van der Waals surface area contributed by atoms with Crippen LogP contribution in [0.1, 0.15) is 33.6 Å². The molecular formula is C20H20FNO5S. The van der Waals surface area contributed by atoms with Crippen LogP contribution in [-0.4, -0.2) is 50.6 Å². The Balaban J connectivity index is 1.65. The molecule has 0 unspecified atom stereocenters. The Labute approximate surface area is 162 Å². The monoisotopic (exact) mass is 405 g/mol. The van der Waals surface area contributed by atoms with E-state index in [0.29, 0.717) is 37.1 Å². The third-order valence-corrected chi connectivity index (χ3v) is 7.14. The third-order valence-electron chi connectivity index (χ3n) is 4.86. The molecule has 1 heterocycles. The lowest BCUT2D eigenvalue weighted by atomic mass is 10.1. The van der Waals surface area contributed by atoms with Crippen LogP contribution in [0, 0.1) is 5.82 Å². The molecule has 0 N–H and O–H groups in total. The standard InChI is InChI=1S/C20H20FNO5S/c1-27-20(24)15-4-2-14(3-5-15)19(23)22-12-10-18(11-13-22)28(25,26)17-8-6-16(21)7-9-17/h2-9,18H,10-13H2,1H3. The number of methoxy groups -OCH3 is 1. The van der Waals surface area contributed by atoms with Crippen molar-refractivity contribution in [3.8, 4) is 0 Å². The number of ether oxygens (including phenoxy) is 1. The minimum atomic E-state index is -3.57. The number of esters is 1. The van der Waals surface area contributed by atoms with Crippen LogP contribution < -0.4 is 0 Å². The van der Waals surface area contributed by atoms with E-state index in [1.807, 2.05) is 0 Å². The maximum atomic E-state index is 13.0. The molecule has 2 aromatic rings. The molecule has 1 aliphatic rings. The Bertz CT molecular complexity index is 963. The van der Waals surface area contributed by atoms with Crippen LogP contribution in [0.25, 0.3) is 0 Å². The molecule has 0 aromatic heterocycles. The molecule has 148 valence electrons. The Hall–Kier alpha value is -2.74. The number of nitrogens with zero attached hydrogens (tertiary/aromatic N) is 1. The van der Waals surface area contributed by atoms with Gasteiger partial charge >= 0.3 is 5.97 Å². The van der Waals surface area contributed by atoms with Crippen molar-refractivity contribution in [3.63, 3.8) is 0 Å². The first-order chi connectivity index (χ1) is 13.3. The van der Waals surface area contributed by atoms with E-state index in [2.05, 4.69) is 4.74 Å². The van der Waals surface area contributed by atoms with Crippen LogP contribution in [0.2, 0.25) is 0 Å². The van der Waals surface area contributed by atoms with Crippen LogP contribution >= 0.6 is 0 Å². The minimum Gasteiger partial charge on any atom is -0.465 e. The number of carbonyl (C=O) groups is 2. The van der Waals surface area contributed by atoms with Crippen molar-refractivity contribution in [2.45, 2.75) is 23.0 Å². The summed E-state index contributed by atoms with van der Waals surface area (Å²) < 4.78 is 43.1. The van der Waals surface area contributed by atoms with E-state index in [0.717, 1.165) is 12.1 Å². The molecule has 1 saturated heterocycles. The SMILES string of the molecule is COC(=O)c1ccc(C(=O)N2CCC(S(=O)(=O)c3ccc(F)cc3)CC2)cc1. The Morgan fingerprint density at radius 2 is 1.50 bits per heavy atom. The van der Waals surface area contributed by atoms with Crippen molar-refractivity contribution in [1.29, 1.82) is 0 Å². The highest BCUT2D eigenvalue weighted by Gasteiger charge is 2.33. The molecule has 28 heavy (non-hydrogen) atoms. The van der Waals surface area contributed by atoms with Crippen molar-refractivity contribution >= 4 is 21.7 Å². The number of sulfone groups is 1. The zero-order chi connectivity index (χ0) is 20.3. The lowest BCUT2D eigenvalue weighted by molar-refractivity contribution is 0.0599. The van der Waals surface area contributed by atoms with Gasteiger partial charge in [-0.2, -0.15) is 0 Å². The number of carbonyl (C=O) groups excluding carboxylic acids is 2. The van der Waals surface area contributed by atoms with Gasteiger partial charge in [0.1, 0.15) is 5.82 Å². The summed E-state index contributed by atoms with van der Waals surface area (Å²) in [5, 5.41) is -0.608. The summed E-state index contributed by atoms with van der Waals surface area (Å²) in [7, 11) is -2.28. The number of hydrogen-bond donors (Lipinski definition) is 0. The van der Waals surface area contributed by atoms with Gasteiger partial charge in [-0.05, 0) is 61.4 Å². The van der Waals surface area contributed by atoms with E-state index >= 15 is 0 Å². The topological polar surface area (TPSA) is 80.8 Å². The highest BCUT2D eigenvalue weighted by molar-refractivity contribution is 7.92. The van der Waals surface area contributed by atoms with Crippen molar-refractivity contribution in [2.75, 3.05) is 20.2 Å². The zero-order valence-electron chi connectivity index (χ0n) is 15.3. The number of halogens is 1. The Morgan fingerprint density at radius 1 is 0.964 bits per heavy atom. The average Bonchev–Trinajstić information content (AvgIpc) is 2.73. The normalized spacial score (nSPS) is 15.3. The highest BCUT2D eigenvalue weighted by atomic mass is 32.2. The summed E-state index contributed by atoms with van der Waals surface area (Å²) in [5.41, 5.74) is 0.774. The fraction of sp³-hybridized carbons (Fsp3) is 0.300. The summed E-state index contributed by atoms with van der Waals surface area (Å²) in [6.45, 7) is 0.616. The van der Waals surface area contributed by atoms with Crippen LogP contribution in [0.15, 0.2) is 53.4 Å². The lowest BCUT2D eigenvalue weighted by Crippen LogP contribution is -2.42. The van der Waals surface area contributed by atoms with E-state index in [1.165, 1.54) is 31.4 Å². The van der Waals surface area contributed by atoms with Gasteiger partial charge in [0.2, 0.25) is 0 Å². The van der Waals surface area contributed by atoms with E-state index in [9.17, 15) is 22.4 Å². The molecule has 6 nitrogen and oxygen atoms in total.